The predicted molar refractivity (Wildman–Crippen MR) is 135 cm³/mol. The van der Waals surface area contributed by atoms with Crippen LogP contribution in [0.4, 0.5) is 11.4 Å². The number of carbonyl (C=O) groups excluding carboxylic acids is 1. The van der Waals surface area contributed by atoms with Crippen molar-refractivity contribution in [3.05, 3.63) is 78.2 Å². The lowest BCUT2D eigenvalue weighted by molar-refractivity contribution is -0.119. The van der Waals surface area contributed by atoms with Crippen LogP contribution in [0.15, 0.2) is 82.2 Å². The van der Waals surface area contributed by atoms with E-state index in [0.717, 1.165) is 10.9 Å². The van der Waals surface area contributed by atoms with Crippen molar-refractivity contribution in [2.75, 3.05) is 12.1 Å². The average Bonchev–Trinajstić information content (AvgIpc) is 3.32. The van der Waals surface area contributed by atoms with E-state index < -0.39 is 6.04 Å². The van der Waals surface area contributed by atoms with Crippen molar-refractivity contribution in [1.29, 1.82) is 0 Å². The number of anilines is 1. The SMILES string of the molecule is CC(C)(C)[C@H](N)C(=O)Nc1ccccc1N=c1cc(-c2ccc3c(c2)OCO3)oc2ccccc12. The van der Waals surface area contributed by atoms with Gasteiger partial charge in [-0.25, -0.2) is 4.99 Å². The number of benzene rings is 3. The highest BCUT2D eigenvalue weighted by molar-refractivity contribution is 5.97. The molecule has 1 atom stereocenters. The Hall–Kier alpha value is -4.10. The minimum atomic E-state index is -0.662. The standard InChI is InChI=1S/C28H27N3O4/c1-28(2,3)26(29)27(32)31-20-10-6-5-9-19(20)30-21-15-24(35-22-11-7-4-8-18(21)22)17-12-13-23-25(14-17)34-16-33-23/h4-15,26H,16,29H2,1-3H3,(H,31,32)/t26-/m1/s1. The third-order valence-electron chi connectivity index (χ3n) is 5.93. The number of ether oxygens (including phenoxy) is 2. The Bertz CT molecular complexity index is 1480. The normalized spacial score (nSPS) is 14.2. The summed E-state index contributed by atoms with van der Waals surface area (Å²) in [6.45, 7) is 6.01. The van der Waals surface area contributed by atoms with E-state index in [9.17, 15) is 4.79 Å². The molecule has 2 heterocycles. The van der Waals surface area contributed by atoms with Crippen molar-refractivity contribution in [3.8, 4) is 22.8 Å². The van der Waals surface area contributed by atoms with Crippen LogP contribution in [0.5, 0.6) is 11.5 Å². The first-order valence-corrected chi connectivity index (χ1v) is 11.4. The Labute approximate surface area is 203 Å². The number of para-hydroxylation sites is 3. The van der Waals surface area contributed by atoms with Gasteiger partial charge in [-0.05, 0) is 47.9 Å². The molecule has 7 heteroatoms. The second kappa shape index (κ2) is 8.92. The highest BCUT2D eigenvalue weighted by Crippen LogP contribution is 2.36. The molecule has 0 bridgehead atoms. The van der Waals surface area contributed by atoms with Gasteiger partial charge in [0.15, 0.2) is 11.5 Å². The third-order valence-corrected chi connectivity index (χ3v) is 5.93. The summed E-state index contributed by atoms with van der Waals surface area (Å²) in [4.78, 5) is 17.7. The van der Waals surface area contributed by atoms with Gasteiger partial charge < -0.3 is 24.9 Å². The Morgan fingerprint density at radius 1 is 0.971 bits per heavy atom. The third kappa shape index (κ3) is 4.63. The van der Waals surface area contributed by atoms with Gasteiger partial charge in [0.25, 0.3) is 0 Å². The van der Waals surface area contributed by atoms with Crippen molar-refractivity contribution in [3.63, 3.8) is 0 Å². The van der Waals surface area contributed by atoms with Crippen molar-refractivity contribution in [2.24, 2.45) is 16.1 Å². The van der Waals surface area contributed by atoms with Gasteiger partial charge in [0.05, 0.1) is 22.8 Å². The van der Waals surface area contributed by atoms with E-state index in [1.807, 2.05) is 93.6 Å². The maximum Gasteiger partial charge on any atom is 0.241 e. The molecule has 0 saturated carbocycles. The predicted octanol–water partition coefficient (Wildman–Crippen LogP) is 5.37. The van der Waals surface area contributed by atoms with Crippen LogP contribution in [0.1, 0.15) is 20.8 Å². The van der Waals surface area contributed by atoms with Crippen LogP contribution in [0.25, 0.3) is 22.3 Å². The van der Waals surface area contributed by atoms with Gasteiger partial charge in [-0.15, -0.1) is 0 Å². The number of hydrogen-bond acceptors (Lipinski definition) is 6. The molecular formula is C28H27N3O4. The number of nitrogens with one attached hydrogen (secondary N) is 1. The minimum absolute atomic E-state index is 0.204. The Balaban J connectivity index is 1.61. The van der Waals surface area contributed by atoms with Crippen molar-refractivity contribution < 1.29 is 18.7 Å². The summed E-state index contributed by atoms with van der Waals surface area (Å²) >= 11 is 0. The van der Waals surface area contributed by atoms with Crippen molar-refractivity contribution in [1.82, 2.24) is 0 Å². The highest BCUT2D eigenvalue weighted by atomic mass is 16.7. The van der Waals surface area contributed by atoms with Gasteiger partial charge in [-0.3, -0.25) is 4.79 Å². The van der Waals surface area contributed by atoms with E-state index in [4.69, 9.17) is 24.6 Å². The quantitative estimate of drug-likeness (QED) is 0.418. The maximum atomic E-state index is 12.8. The molecule has 3 aromatic carbocycles. The summed E-state index contributed by atoms with van der Waals surface area (Å²) in [5, 5.41) is 4.51. The lowest BCUT2D eigenvalue weighted by Gasteiger charge is -2.26. The molecule has 1 amide bonds. The molecule has 1 aromatic heterocycles. The monoisotopic (exact) mass is 469 g/mol. The first-order chi connectivity index (χ1) is 16.8. The number of nitrogens with zero attached hydrogens (tertiary/aromatic N) is 1. The summed E-state index contributed by atoms with van der Waals surface area (Å²) < 4.78 is 17.2. The molecule has 1 aliphatic rings. The fraction of sp³-hybridized carbons (Fsp3) is 0.214. The van der Waals surface area contributed by atoms with Crippen LogP contribution in [0.3, 0.4) is 0 Å². The number of fused-ring (bicyclic) bond motifs is 2. The largest absolute Gasteiger partial charge is 0.456 e. The van der Waals surface area contributed by atoms with E-state index >= 15 is 0 Å². The number of carbonyl (C=O) groups is 1. The lowest BCUT2D eigenvalue weighted by Crippen LogP contribution is -2.45. The Morgan fingerprint density at radius 2 is 1.71 bits per heavy atom. The van der Waals surface area contributed by atoms with Gasteiger partial charge in [-0.1, -0.05) is 45.0 Å². The van der Waals surface area contributed by atoms with Crippen LogP contribution in [0.2, 0.25) is 0 Å². The van der Waals surface area contributed by atoms with E-state index in [0.29, 0.717) is 39.6 Å². The van der Waals surface area contributed by atoms with Crippen LogP contribution in [-0.2, 0) is 4.79 Å². The van der Waals surface area contributed by atoms with Crippen LogP contribution in [-0.4, -0.2) is 18.7 Å². The molecule has 1 aliphatic heterocycles. The van der Waals surface area contributed by atoms with Gasteiger partial charge >= 0.3 is 0 Å². The number of amides is 1. The van der Waals surface area contributed by atoms with Crippen LogP contribution in [0, 0.1) is 5.41 Å². The second-order valence-electron chi connectivity index (χ2n) is 9.52. The van der Waals surface area contributed by atoms with Crippen LogP contribution >= 0.6 is 0 Å². The molecule has 0 fully saturated rings. The molecule has 0 unspecified atom stereocenters. The highest BCUT2D eigenvalue weighted by Gasteiger charge is 2.27. The summed E-state index contributed by atoms with van der Waals surface area (Å²) in [5.41, 5.74) is 8.54. The summed E-state index contributed by atoms with van der Waals surface area (Å²) in [7, 11) is 0. The number of hydrogen-bond donors (Lipinski definition) is 2. The van der Waals surface area contributed by atoms with E-state index in [1.165, 1.54) is 0 Å². The van der Waals surface area contributed by atoms with Gasteiger partial charge in [-0.2, -0.15) is 0 Å². The fourth-order valence-electron chi connectivity index (χ4n) is 3.81. The molecule has 0 spiro atoms. The van der Waals surface area contributed by atoms with E-state index in [2.05, 4.69) is 5.32 Å². The molecule has 0 radical (unpaired) electrons. The first-order valence-electron chi connectivity index (χ1n) is 11.4. The number of rotatable bonds is 4. The molecule has 178 valence electrons. The molecule has 0 aliphatic carbocycles. The van der Waals surface area contributed by atoms with Crippen molar-refractivity contribution in [2.45, 2.75) is 26.8 Å². The van der Waals surface area contributed by atoms with E-state index in [-0.39, 0.29) is 18.1 Å². The zero-order chi connectivity index (χ0) is 24.6. The first kappa shape index (κ1) is 22.7. The number of nitrogens with two attached hydrogens (primary N) is 1. The molecule has 7 nitrogen and oxygen atoms in total. The zero-order valence-electron chi connectivity index (χ0n) is 19.9. The summed E-state index contributed by atoms with van der Waals surface area (Å²) in [6, 6.07) is 22.0. The molecule has 5 rings (SSSR count). The molecule has 4 aromatic rings. The molecular weight excluding hydrogens is 442 g/mol. The topological polar surface area (TPSA) is 99.1 Å². The van der Waals surface area contributed by atoms with Gasteiger partial charge in [0, 0.05) is 17.0 Å². The van der Waals surface area contributed by atoms with Gasteiger partial charge in [0.1, 0.15) is 11.3 Å². The Kier molecular flexibility index (Phi) is 5.78. The zero-order valence-corrected chi connectivity index (χ0v) is 19.9. The molecule has 0 saturated heterocycles. The van der Waals surface area contributed by atoms with Crippen molar-refractivity contribution >= 4 is 28.3 Å². The average molecular weight is 470 g/mol. The molecule has 3 N–H and O–H groups in total. The smallest absolute Gasteiger partial charge is 0.241 e. The minimum Gasteiger partial charge on any atom is -0.456 e. The van der Waals surface area contributed by atoms with E-state index in [1.54, 1.807) is 0 Å². The molecule has 35 heavy (non-hydrogen) atoms. The van der Waals surface area contributed by atoms with Gasteiger partial charge in [0.2, 0.25) is 12.7 Å². The maximum absolute atomic E-state index is 12.8. The second-order valence-corrected chi connectivity index (χ2v) is 9.52. The summed E-state index contributed by atoms with van der Waals surface area (Å²) in [5.74, 6) is 1.76. The van der Waals surface area contributed by atoms with Crippen LogP contribution < -0.4 is 25.9 Å². The summed E-state index contributed by atoms with van der Waals surface area (Å²) in [6.07, 6.45) is 0. The lowest BCUT2D eigenvalue weighted by atomic mass is 9.87. The fourth-order valence-corrected chi connectivity index (χ4v) is 3.81. The Morgan fingerprint density at radius 3 is 2.54 bits per heavy atom.